The molecule has 0 unspecified atom stereocenters. The Hall–Kier alpha value is -2.56. The maximum absolute atomic E-state index is 13.8. The van der Waals surface area contributed by atoms with Crippen LogP contribution in [0.5, 0.6) is 5.75 Å². The summed E-state index contributed by atoms with van der Waals surface area (Å²) in [5.74, 6) is 0.293. The average molecular weight is 358 g/mol. The van der Waals surface area contributed by atoms with Crippen LogP contribution in [0, 0.1) is 5.82 Å². The van der Waals surface area contributed by atoms with Crippen molar-refractivity contribution < 1.29 is 13.9 Å². The summed E-state index contributed by atoms with van der Waals surface area (Å²) >= 11 is 0. The SMILES string of the molecule is CCOc1ccc(CNC(=O)N(C)Cc2ccc(C(C)C)cc2)cc1F. The van der Waals surface area contributed by atoms with Gasteiger partial charge in [-0.3, -0.25) is 0 Å². The molecule has 0 aromatic heterocycles. The first-order valence-electron chi connectivity index (χ1n) is 8.89. The Labute approximate surface area is 155 Å². The Morgan fingerprint density at radius 2 is 1.81 bits per heavy atom. The number of carbonyl (C=O) groups is 1. The van der Waals surface area contributed by atoms with Gasteiger partial charge in [-0.25, -0.2) is 9.18 Å². The molecule has 26 heavy (non-hydrogen) atoms. The van der Waals surface area contributed by atoms with E-state index < -0.39 is 5.82 Å². The summed E-state index contributed by atoms with van der Waals surface area (Å²) in [6.07, 6.45) is 0. The van der Waals surface area contributed by atoms with Crippen molar-refractivity contribution in [2.75, 3.05) is 13.7 Å². The molecule has 0 atom stereocenters. The molecule has 0 aliphatic heterocycles. The summed E-state index contributed by atoms with van der Waals surface area (Å²) < 4.78 is 19.0. The maximum atomic E-state index is 13.8. The zero-order chi connectivity index (χ0) is 19.1. The fraction of sp³-hybridized carbons (Fsp3) is 0.381. The molecule has 1 N–H and O–H groups in total. The van der Waals surface area contributed by atoms with Gasteiger partial charge in [0.05, 0.1) is 6.61 Å². The molecule has 0 saturated heterocycles. The van der Waals surface area contributed by atoms with Gasteiger partial charge in [-0.2, -0.15) is 0 Å². The van der Waals surface area contributed by atoms with Gasteiger partial charge in [0.1, 0.15) is 0 Å². The molecule has 2 amide bonds. The molecule has 140 valence electrons. The summed E-state index contributed by atoms with van der Waals surface area (Å²) in [5.41, 5.74) is 3.03. The molecule has 2 rings (SSSR count). The molecule has 4 nitrogen and oxygen atoms in total. The van der Waals surface area contributed by atoms with E-state index in [0.29, 0.717) is 24.6 Å². The highest BCUT2D eigenvalue weighted by molar-refractivity contribution is 5.73. The molecule has 2 aromatic rings. The second-order valence-electron chi connectivity index (χ2n) is 6.61. The van der Waals surface area contributed by atoms with E-state index in [1.165, 1.54) is 11.6 Å². The van der Waals surface area contributed by atoms with Crippen molar-refractivity contribution in [3.05, 3.63) is 65.0 Å². The Kier molecular flexibility index (Phi) is 7.01. The number of carbonyl (C=O) groups excluding carboxylic acids is 1. The molecule has 0 spiro atoms. The van der Waals surface area contributed by atoms with E-state index in [9.17, 15) is 9.18 Å². The first-order valence-corrected chi connectivity index (χ1v) is 8.89. The summed E-state index contributed by atoms with van der Waals surface area (Å²) in [7, 11) is 1.74. The minimum absolute atomic E-state index is 0.202. The van der Waals surface area contributed by atoms with Gasteiger partial charge in [0.15, 0.2) is 11.6 Å². The molecule has 0 heterocycles. The first kappa shape index (κ1) is 19.8. The average Bonchev–Trinajstić information content (AvgIpc) is 2.62. The Morgan fingerprint density at radius 1 is 1.15 bits per heavy atom. The molecular formula is C21H27FN2O2. The Morgan fingerprint density at radius 3 is 2.38 bits per heavy atom. The van der Waals surface area contributed by atoms with Crippen LogP contribution in [0.15, 0.2) is 42.5 Å². The molecule has 5 heteroatoms. The lowest BCUT2D eigenvalue weighted by atomic mass is 10.0. The van der Waals surface area contributed by atoms with E-state index in [1.54, 1.807) is 31.0 Å². The van der Waals surface area contributed by atoms with Crippen molar-refractivity contribution in [2.45, 2.75) is 39.8 Å². The molecule has 0 fully saturated rings. The molecule has 0 radical (unpaired) electrons. The maximum Gasteiger partial charge on any atom is 0.317 e. The van der Waals surface area contributed by atoms with Crippen molar-refractivity contribution in [1.82, 2.24) is 10.2 Å². The van der Waals surface area contributed by atoms with Crippen molar-refractivity contribution >= 4 is 6.03 Å². The highest BCUT2D eigenvalue weighted by Gasteiger charge is 2.10. The summed E-state index contributed by atoms with van der Waals surface area (Å²) in [6.45, 7) is 7.30. The first-order chi connectivity index (χ1) is 12.4. The summed E-state index contributed by atoms with van der Waals surface area (Å²) in [6, 6.07) is 12.8. The summed E-state index contributed by atoms with van der Waals surface area (Å²) in [4.78, 5) is 13.9. The lowest BCUT2D eigenvalue weighted by Gasteiger charge is -2.18. The number of rotatable bonds is 7. The number of hydrogen-bond donors (Lipinski definition) is 1. The topological polar surface area (TPSA) is 41.6 Å². The van der Waals surface area contributed by atoms with Crippen LogP contribution in [0.2, 0.25) is 0 Å². The van der Waals surface area contributed by atoms with E-state index in [1.807, 2.05) is 12.1 Å². The van der Waals surface area contributed by atoms with Gasteiger partial charge >= 0.3 is 6.03 Å². The van der Waals surface area contributed by atoms with Gasteiger partial charge in [-0.05, 0) is 41.7 Å². The minimum Gasteiger partial charge on any atom is -0.491 e. The second kappa shape index (κ2) is 9.22. The van der Waals surface area contributed by atoms with Crippen molar-refractivity contribution in [2.24, 2.45) is 0 Å². The normalized spacial score (nSPS) is 10.7. The van der Waals surface area contributed by atoms with Crippen LogP contribution in [0.25, 0.3) is 0 Å². The minimum atomic E-state index is -0.419. The van der Waals surface area contributed by atoms with E-state index in [0.717, 1.165) is 5.56 Å². The third-order valence-corrected chi connectivity index (χ3v) is 4.15. The molecule has 0 aliphatic rings. The predicted molar refractivity (Wildman–Crippen MR) is 102 cm³/mol. The van der Waals surface area contributed by atoms with Crippen LogP contribution in [0.4, 0.5) is 9.18 Å². The summed E-state index contributed by atoms with van der Waals surface area (Å²) in [5, 5.41) is 2.81. The standard InChI is InChI=1S/C21H27FN2O2/c1-5-26-20-11-8-17(12-19(20)22)13-23-21(25)24(4)14-16-6-9-18(10-7-16)15(2)3/h6-12,15H,5,13-14H2,1-4H3,(H,23,25). The number of benzene rings is 2. The van der Waals surface area contributed by atoms with Gasteiger partial charge in [-0.15, -0.1) is 0 Å². The zero-order valence-electron chi connectivity index (χ0n) is 15.9. The molecule has 2 aromatic carbocycles. The third-order valence-electron chi connectivity index (χ3n) is 4.15. The number of hydrogen-bond acceptors (Lipinski definition) is 2. The van der Waals surface area contributed by atoms with Crippen LogP contribution >= 0.6 is 0 Å². The van der Waals surface area contributed by atoms with Gasteiger partial charge in [-0.1, -0.05) is 44.2 Å². The second-order valence-corrected chi connectivity index (χ2v) is 6.61. The van der Waals surface area contributed by atoms with Gasteiger partial charge in [0.2, 0.25) is 0 Å². The molecule has 0 aliphatic carbocycles. The number of halogens is 1. The number of ether oxygens (including phenoxy) is 1. The van der Waals surface area contributed by atoms with E-state index >= 15 is 0 Å². The lowest BCUT2D eigenvalue weighted by Crippen LogP contribution is -2.36. The van der Waals surface area contributed by atoms with Crippen LogP contribution in [0.1, 0.15) is 43.4 Å². The van der Waals surface area contributed by atoms with E-state index in [-0.39, 0.29) is 18.3 Å². The molecular weight excluding hydrogens is 331 g/mol. The fourth-order valence-electron chi connectivity index (χ4n) is 2.59. The number of amides is 2. The van der Waals surface area contributed by atoms with E-state index in [2.05, 4.69) is 31.3 Å². The quantitative estimate of drug-likeness (QED) is 0.780. The zero-order valence-corrected chi connectivity index (χ0v) is 15.9. The highest BCUT2D eigenvalue weighted by atomic mass is 19.1. The number of urea groups is 1. The van der Waals surface area contributed by atoms with Crippen LogP contribution in [-0.4, -0.2) is 24.6 Å². The molecule has 0 bridgehead atoms. The van der Waals surface area contributed by atoms with Crippen LogP contribution < -0.4 is 10.1 Å². The predicted octanol–water partition coefficient (Wildman–Crippen LogP) is 4.69. The molecule has 0 saturated carbocycles. The van der Waals surface area contributed by atoms with Gasteiger partial charge in [0, 0.05) is 20.1 Å². The van der Waals surface area contributed by atoms with Crippen molar-refractivity contribution in [3.8, 4) is 5.75 Å². The highest BCUT2D eigenvalue weighted by Crippen LogP contribution is 2.18. The Bertz CT molecular complexity index is 729. The van der Waals surface area contributed by atoms with Crippen LogP contribution in [-0.2, 0) is 13.1 Å². The Balaban J connectivity index is 1.87. The van der Waals surface area contributed by atoms with Crippen LogP contribution in [0.3, 0.4) is 0 Å². The fourth-order valence-corrected chi connectivity index (χ4v) is 2.59. The smallest absolute Gasteiger partial charge is 0.317 e. The van der Waals surface area contributed by atoms with Crippen molar-refractivity contribution in [3.63, 3.8) is 0 Å². The number of nitrogens with zero attached hydrogens (tertiary/aromatic N) is 1. The monoisotopic (exact) mass is 358 g/mol. The van der Waals surface area contributed by atoms with E-state index in [4.69, 9.17) is 4.74 Å². The lowest BCUT2D eigenvalue weighted by molar-refractivity contribution is 0.206. The largest absolute Gasteiger partial charge is 0.491 e. The van der Waals surface area contributed by atoms with Gasteiger partial charge in [0.25, 0.3) is 0 Å². The van der Waals surface area contributed by atoms with Crippen molar-refractivity contribution in [1.29, 1.82) is 0 Å². The third kappa shape index (κ3) is 5.48. The number of nitrogens with one attached hydrogen (secondary N) is 1. The van der Waals surface area contributed by atoms with Gasteiger partial charge < -0.3 is 15.0 Å².